The van der Waals surface area contributed by atoms with E-state index in [4.69, 9.17) is 11.6 Å². The van der Waals surface area contributed by atoms with Gasteiger partial charge in [-0.25, -0.2) is 8.78 Å². The first-order chi connectivity index (χ1) is 18.3. The molecule has 2 saturated heterocycles. The number of hydrogen-bond donors (Lipinski definition) is 0. The van der Waals surface area contributed by atoms with Crippen LogP contribution in [0.1, 0.15) is 53.0 Å². The summed E-state index contributed by atoms with van der Waals surface area (Å²) in [5.41, 5.74) is 2.40. The third-order valence-corrected chi connectivity index (χ3v) is 8.54. The van der Waals surface area contributed by atoms with E-state index in [9.17, 15) is 18.4 Å². The lowest BCUT2D eigenvalue weighted by Crippen LogP contribution is -2.53. The number of rotatable bonds is 4. The highest BCUT2D eigenvalue weighted by Gasteiger charge is 2.37. The van der Waals surface area contributed by atoms with Crippen molar-refractivity contribution in [1.29, 1.82) is 0 Å². The number of likely N-dealkylation sites (tertiary alicyclic amines) is 1. The van der Waals surface area contributed by atoms with Crippen molar-refractivity contribution in [2.24, 2.45) is 0 Å². The van der Waals surface area contributed by atoms with Gasteiger partial charge in [-0.2, -0.15) is 0 Å². The monoisotopic (exact) mass is 540 g/mol. The fourth-order valence-corrected chi connectivity index (χ4v) is 6.01. The fraction of sp³-hybridized carbons (Fsp3) is 0.448. The van der Waals surface area contributed by atoms with Crippen molar-refractivity contribution in [2.45, 2.75) is 44.1 Å². The first-order valence-electron chi connectivity index (χ1n) is 13.4. The van der Waals surface area contributed by atoms with Crippen LogP contribution in [0.2, 0.25) is 5.02 Å². The Kier molecular flexibility index (Phi) is 6.64. The van der Waals surface area contributed by atoms with E-state index in [0.29, 0.717) is 41.1 Å². The average Bonchev–Trinajstić information content (AvgIpc) is 3.26. The number of piperidine rings is 1. The van der Waals surface area contributed by atoms with Gasteiger partial charge in [0, 0.05) is 79.8 Å². The maximum atomic E-state index is 13.8. The summed E-state index contributed by atoms with van der Waals surface area (Å²) in [6, 6.07) is 15.1. The topological polar surface area (TPSA) is 48.8 Å². The largest absolute Gasteiger partial charge is 0.337 e. The number of nitrogens with zero attached hydrogens (tertiary/aromatic N) is 4. The van der Waals surface area contributed by atoms with Crippen molar-refractivity contribution in [1.82, 2.24) is 19.3 Å². The number of alkyl halides is 2. The van der Waals surface area contributed by atoms with Gasteiger partial charge in [0.1, 0.15) is 5.69 Å². The molecule has 0 radical (unpaired) electrons. The van der Waals surface area contributed by atoms with E-state index >= 15 is 0 Å². The van der Waals surface area contributed by atoms with Crippen LogP contribution in [0.25, 0.3) is 16.6 Å². The van der Waals surface area contributed by atoms with Gasteiger partial charge in [-0.3, -0.25) is 14.5 Å². The predicted octanol–water partition coefficient (Wildman–Crippen LogP) is 5.47. The van der Waals surface area contributed by atoms with Crippen LogP contribution in [0.4, 0.5) is 8.78 Å². The molecule has 9 heteroatoms. The van der Waals surface area contributed by atoms with Crippen LogP contribution < -0.4 is 0 Å². The second-order valence-corrected chi connectivity index (χ2v) is 11.1. The van der Waals surface area contributed by atoms with E-state index in [-0.39, 0.29) is 37.7 Å². The average molecular weight is 541 g/mol. The number of aromatic nitrogens is 1. The van der Waals surface area contributed by atoms with Crippen molar-refractivity contribution in [2.75, 3.05) is 39.3 Å². The first-order valence-corrected chi connectivity index (χ1v) is 13.8. The Hall–Kier alpha value is -2.97. The number of benzene rings is 2. The van der Waals surface area contributed by atoms with Crippen LogP contribution in [0, 0.1) is 0 Å². The van der Waals surface area contributed by atoms with Crippen molar-refractivity contribution >= 4 is 34.3 Å². The Morgan fingerprint density at radius 1 is 0.842 bits per heavy atom. The molecule has 0 atom stereocenters. The molecule has 38 heavy (non-hydrogen) atoms. The summed E-state index contributed by atoms with van der Waals surface area (Å²) in [4.78, 5) is 32.9. The van der Waals surface area contributed by atoms with Crippen molar-refractivity contribution < 1.29 is 18.4 Å². The maximum absolute atomic E-state index is 13.8. The van der Waals surface area contributed by atoms with E-state index in [2.05, 4.69) is 4.90 Å². The molecule has 3 aromatic rings. The lowest BCUT2D eigenvalue weighted by Gasteiger charge is -2.42. The lowest BCUT2D eigenvalue weighted by atomic mass is 9.91. The van der Waals surface area contributed by atoms with Crippen molar-refractivity contribution in [3.8, 4) is 5.69 Å². The zero-order valence-corrected chi connectivity index (χ0v) is 22.0. The van der Waals surface area contributed by atoms with Crippen LogP contribution in [-0.4, -0.2) is 82.3 Å². The Bertz CT molecular complexity index is 1370. The van der Waals surface area contributed by atoms with Crippen molar-refractivity contribution in [3.05, 3.63) is 64.8 Å². The van der Waals surface area contributed by atoms with E-state index in [1.807, 2.05) is 27.7 Å². The molecule has 3 fully saturated rings. The molecule has 0 unspecified atom stereocenters. The molecular weight excluding hydrogens is 510 g/mol. The van der Waals surface area contributed by atoms with Gasteiger partial charge in [-0.15, -0.1) is 0 Å². The minimum atomic E-state index is -2.74. The van der Waals surface area contributed by atoms with E-state index < -0.39 is 5.92 Å². The zero-order chi connectivity index (χ0) is 26.4. The molecule has 3 heterocycles. The van der Waals surface area contributed by atoms with E-state index in [0.717, 1.165) is 24.0 Å². The fourth-order valence-electron chi connectivity index (χ4n) is 5.82. The Morgan fingerprint density at radius 3 is 2.21 bits per heavy atom. The molecule has 200 valence electrons. The van der Waals surface area contributed by atoms with Gasteiger partial charge in [0.15, 0.2) is 0 Å². The highest BCUT2D eigenvalue weighted by Crippen LogP contribution is 2.32. The normalized spacial score (nSPS) is 20.5. The third kappa shape index (κ3) is 4.80. The van der Waals surface area contributed by atoms with E-state index in [1.165, 1.54) is 24.2 Å². The number of amides is 2. The summed E-state index contributed by atoms with van der Waals surface area (Å²) in [5, 5.41) is 1.27. The molecule has 3 aliphatic rings. The molecule has 1 saturated carbocycles. The Labute approximate surface area is 225 Å². The summed E-state index contributed by atoms with van der Waals surface area (Å²) in [6.45, 7) is 3.22. The smallest absolute Gasteiger partial charge is 0.270 e. The number of carbonyl (C=O) groups excluding carboxylic acids is 2. The summed E-state index contributed by atoms with van der Waals surface area (Å²) in [7, 11) is 0. The number of hydrogen-bond acceptors (Lipinski definition) is 3. The maximum Gasteiger partial charge on any atom is 0.270 e. The summed E-state index contributed by atoms with van der Waals surface area (Å²) in [5.74, 6) is -3.06. The molecule has 0 bridgehead atoms. The molecule has 1 aromatic heterocycles. The van der Waals surface area contributed by atoms with Gasteiger partial charge in [0.05, 0.1) is 5.52 Å². The number of carbonyl (C=O) groups is 2. The SMILES string of the molecule is O=C(c1ccc2c(c1)cc(C(=O)N1CCC(F)(F)CC1)n2-c1cccc(Cl)c1)N1CCN(C2CCC2)CC1. The number of piperazine rings is 1. The minimum Gasteiger partial charge on any atom is -0.337 e. The highest BCUT2D eigenvalue weighted by molar-refractivity contribution is 6.30. The molecule has 1 aliphatic carbocycles. The molecule has 2 amide bonds. The molecule has 6 nitrogen and oxygen atoms in total. The molecule has 6 rings (SSSR count). The molecule has 0 N–H and O–H groups in total. The molecule has 2 aliphatic heterocycles. The standard InChI is InChI=1S/C29H31ClF2N4O2/c30-22-3-1-6-24(19-22)36-25-8-7-20(27(37)35-15-13-33(14-16-35)23-4-2-5-23)17-21(25)18-26(36)28(38)34-11-9-29(31,32)10-12-34/h1,3,6-8,17-19,23H,2,4-5,9-16H2. The van der Waals surface area contributed by atoms with Gasteiger partial charge in [0.25, 0.3) is 17.7 Å². The van der Waals surface area contributed by atoms with Crippen LogP contribution in [0.15, 0.2) is 48.5 Å². The van der Waals surface area contributed by atoms with Gasteiger partial charge in [0.2, 0.25) is 0 Å². The zero-order valence-electron chi connectivity index (χ0n) is 21.2. The van der Waals surface area contributed by atoms with Gasteiger partial charge in [-0.1, -0.05) is 24.1 Å². The van der Waals surface area contributed by atoms with E-state index in [1.54, 1.807) is 30.3 Å². The second-order valence-electron chi connectivity index (χ2n) is 10.7. The Morgan fingerprint density at radius 2 is 1.55 bits per heavy atom. The van der Waals surface area contributed by atoms with Crippen molar-refractivity contribution in [3.63, 3.8) is 0 Å². The van der Waals surface area contributed by atoms with Crippen LogP contribution in [-0.2, 0) is 0 Å². The van der Waals surface area contributed by atoms with Crippen LogP contribution >= 0.6 is 11.6 Å². The summed E-state index contributed by atoms with van der Waals surface area (Å²) < 4.78 is 29.3. The molecule has 2 aromatic carbocycles. The van der Waals surface area contributed by atoms with Gasteiger partial charge >= 0.3 is 0 Å². The number of fused-ring (bicyclic) bond motifs is 1. The van der Waals surface area contributed by atoms with Crippen LogP contribution in [0.3, 0.4) is 0 Å². The highest BCUT2D eigenvalue weighted by atomic mass is 35.5. The summed E-state index contributed by atoms with van der Waals surface area (Å²) >= 11 is 6.27. The van der Waals surface area contributed by atoms with Gasteiger partial charge in [-0.05, 0) is 55.3 Å². The predicted molar refractivity (Wildman–Crippen MR) is 143 cm³/mol. The first kappa shape index (κ1) is 25.3. The van der Waals surface area contributed by atoms with Crippen LogP contribution in [0.5, 0.6) is 0 Å². The summed E-state index contributed by atoms with van der Waals surface area (Å²) in [6.07, 6.45) is 3.13. The molecule has 0 spiro atoms. The minimum absolute atomic E-state index is 0.000521. The second kappa shape index (κ2) is 9.97. The van der Waals surface area contributed by atoms with Gasteiger partial charge < -0.3 is 14.4 Å². The quantitative estimate of drug-likeness (QED) is 0.441. The molecular formula is C29H31ClF2N4O2. The lowest BCUT2D eigenvalue weighted by molar-refractivity contribution is -0.0495. The number of halogens is 3. The third-order valence-electron chi connectivity index (χ3n) is 8.31. The Balaban J connectivity index is 1.31.